The molecule has 1 aromatic carbocycles. The SMILES string of the molecule is COC(=O)C(CCSC)NC(=O)c1ccc(C(C)C)cc1. The van der Waals surface area contributed by atoms with Crippen LogP contribution >= 0.6 is 11.8 Å². The second kappa shape index (κ2) is 8.72. The number of hydrogen-bond donors (Lipinski definition) is 1. The first-order chi connectivity index (χ1) is 9.99. The van der Waals surface area contributed by atoms with Crippen LogP contribution in [0, 0.1) is 0 Å². The van der Waals surface area contributed by atoms with Crippen LogP contribution in [0.25, 0.3) is 0 Å². The molecule has 0 aromatic heterocycles. The average molecular weight is 309 g/mol. The predicted octanol–water partition coefficient (Wildman–Crippen LogP) is 2.83. The zero-order valence-corrected chi connectivity index (χ0v) is 13.8. The molecule has 0 bridgehead atoms. The highest BCUT2D eigenvalue weighted by molar-refractivity contribution is 7.98. The van der Waals surface area contributed by atoms with Crippen molar-refractivity contribution >= 4 is 23.6 Å². The zero-order chi connectivity index (χ0) is 15.8. The molecule has 1 amide bonds. The molecule has 0 aliphatic carbocycles. The van der Waals surface area contributed by atoms with E-state index in [0.717, 1.165) is 5.75 Å². The molecule has 0 saturated carbocycles. The summed E-state index contributed by atoms with van der Waals surface area (Å²) in [6, 6.07) is 6.85. The van der Waals surface area contributed by atoms with Crippen LogP contribution in [-0.2, 0) is 9.53 Å². The lowest BCUT2D eigenvalue weighted by molar-refractivity contribution is -0.142. The topological polar surface area (TPSA) is 55.4 Å². The van der Waals surface area contributed by atoms with Crippen molar-refractivity contribution in [2.75, 3.05) is 19.1 Å². The van der Waals surface area contributed by atoms with Crippen LogP contribution in [0.1, 0.15) is 42.1 Å². The standard InChI is InChI=1S/C16H23NO3S/c1-11(2)12-5-7-13(8-6-12)15(18)17-14(9-10-21-4)16(19)20-3/h5-8,11,14H,9-10H2,1-4H3,(H,17,18). The Balaban J connectivity index is 2.74. The Bertz CT molecular complexity index is 471. The minimum absolute atomic E-state index is 0.248. The largest absolute Gasteiger partial charge is 0.467 e. The highest BCUT2D eigenvalue weighted by Crippen LogP contribution is 2.15. The number of benzene rings is 1. The van der Waals surface area contributed by atoms with Crippen molar-refractivity contribution in [3.63, 3.8) is 0 Å². The number of thioether (sulfide) groups is 1. The number of amides is 1. The molecule has 0 fully saturated rings. The van der Waals surface area contributed by atoms with Crippen molar-refractivity contribution in [3.8, 4) is 0 Å². The van der Waals surface area contributed by atoms with E-state index >= 15 is 0 Å². The third kappa shape index (κ3) is 5.42. The molecule has 0 saturated heterocycles. The number of nitrogens with one attached hydrogen (secondary N) is 1. The summed E-state index contributed by atoms with van der Waals surface area (Å²) in [6.45, 7) is 4.20. The van der Waals surface area contributed by atoms with Crippen LogP contribution in [0.3, 0.4) is 0 Å². The number of rotatable bonds is 7. The second-order valence-corrected chi connectivity index (χ2v) is 6.09. The summed E-state index contributed by atoms with van der Waals surface area (Å²) in [4.78, 5) is 23.9. The first kappa shape index (κ1) is 17.6. The Labute approximate surface area is 130 Å². The van der Waals surface area contributed by atoms with Gasteiger partial charge in [0.2, 0.25) is 0 Å². The maximum absolute atomic E-state index is 12.2. The third-order valence-electron chi connectivity index (χ3n) is 3.24. The molecule has 0 heterocycles. The van der Waals surface area contributed by atoms with E-state index in [-0.39, 0.29) is 5.91 Å². The summed E-state index contributed by atoms with van der Waals surface area (Å²) in [7, 11) is 1.33. The number of carbonyl (C=O) groups excluding carboxylic acids is 2. The molecule has 1 unspecified atom stereocenters. The van der Waals surface area contributed by atoms with E-state index < -0.39 is 12.0 Å². The van der Waals surface area contributed by atoms with Crippen LogP contribution < -0.4 is 5.32 Å². The van der Waals surface area contributed by atoms with Crippen LogP contribution in [-0.4, -0.2) is 37.0 Å². The van der Waals surface area contributed by atoms with E-state index in [1.807, 2.05) is 18.4 Å². The van der Waals surface area contributed by atoms with Crippen molar-refractivity contribution in [1.82, 2.24) is 5.32 Å². The van der Waals surface area contributed by atoms with Crippen molar-refractivity contribution in [3.05, 3.63) is 35.4 Å². The van der Waals surface area contributed by atoms with Crippen LogP contribution in [0.2, 0.25) is 0 Å². The molecule has 1 atom stereocenters. The Morgan fingerprint density at radius 2 is 1.86 bits per heavy atom. The van der Waals surface area contributed by atoms with Gasteiger partial charge >= 0.3 is 5.97 Å². The average Bonchev–Trinajstić information content (AvgIpc) is 2.50. The van der Waals surface area contributed by atoms with Crippen molar-refractivity contribution in [2.24, 2.45) is 0 Å². The number of esters is 1. The molecule has 0 spiro atoms. The van der Waals surface area contributed by atoms with E-state index in [0.29, 0.717) is 17.9 Å². The van der Waals surface area contributed by atoms with Gasteiger partial charge in [0, 0.05) is 5.56 Å². The normalized spacial score (nSPS) is 12.0. The van der Waals surface area contributed by atoms with Gasteiger partial charge in [-0.2, -0.15) is 11.8 Å². The van der Waals surface area contributed by atoms with Gasteiger partial charge in [0.1, 0.15) is 6.04 Å². The van der Waals surface area contributed by atoms with Gasteiger partial charge < -0.3 is 10.1 Å². The van der Waals surface area contributed by atoms with Crippen LogP contribution in [0.15, 0.2) is 24.3 Å². The molecule has 4 nitrogen and oxygen atoms in total. The summed E-state index contributed by atoms with van der Waals surface area (Å²) in [6.07, 6.45) is 2.52. The molecule has 0 aliphatic rings. The lowest BCUT2D eigenvalue weighted by atomic mass is 10.0. The molecular formula is C16H23NO3S. The summed E-state index contributed by atoms with van der Waals surface area (Å²) in [5.41, 5.74) is 1.73. The molecule has 1 aromatic rings. The highest BCUT2D eigenvalue weighted by Gasteiger charge is 2.21. The first-order valence-electron chi connectivity index (χ1n) is 6.97. The summed E-state index contributed by atoms with van der Waals surface area (Å²) < 4.78 is 4.73. The Kier molecular flexibility index (Phi) is 7.29. The van der Waals surface area contributed by atoms with Gasteiger partial charge in [-0.1, -0.05) is 26.0 Å². The van der Waals surface area contributed by atoms with Gasteiger partial charge in [0.25, 0.3) is 5.91 Å². The number of ether oxygens (including phenoxy) is 1. The van der Waals surface area contributed by atoms with Gasteiger partial charge in [-0.25, -0.2) is 4.79 Å². The minimum Gasteiger partial charge on any atom is -0.467 e. The van der Waals surface area contributed by atoms with E-state index in [9.17, 15) is 9.59 Å². The Morgan fingerprint density at radius 1 is 1.24 bits per heavy atom. The lowest BCUT2D eigenvalue weighted by Crippen LogP contribution is -2.41. The third-order valence-corrected chi connectivity index (χ3v) is 3.89. The summed E-state index contributed by atoms with van der Waals surface area (Å²) >= 11 is 1.63. The predicted molar refractivity (Wildman–Crippen MR) is 86.8 cm³/mol. The molecule has 116 valence electrons. The lowest BCUT2D eigenvalue weighted by Gasteiger charge is -2.16. The Morgan fingerprint density at radius 3 is 2.33 bits per heavy atom. The summed E-state index contributed by atoms with van der Waals surface area (Å²) in [5.74, 6) is 0.552. The van der Waals surface area contributed by atoms with Gasteiger partial charge in [0.05, 0.1) is 7.11 Å². The molecule has 0 aliphatic heterocycles. The van der Waals surface area contributed by atoms with Gasteiger partial charge in [-0.05, 0) is 42.0 Å². The minimum atomic E-state index is -0.597. The maximum Gasteiger partial charge on any atom is 0.328 e. The van der Waals surface area contributed by atoms with Crippen LogP contribution in [0.4, 0.5) is 0 Å². The second-order valence-electron chi connectivity index (χ2n) is 5.11. The van der Waals surface area contributed by atoms with E-state index in [4.69, 9.17) is 4.74 Å². The zero-order valence-electron chi connectivity index (χ0n) is 13.0. The Hall–Kier alpha value is -1.49. The van der Waals surface area contributed by atoms with E-state index in [2.05, 4.69) is 19.2 Å². The monoisotopic (exact) mass is 309 g/mol. The van der Waals surface area contributed by atoms with E-state index in [1.54, 1.807) is 23.9 Å². The smallest absolute Gasteiger partial charge is 0.328 e. The molecule has 1 rings (SSSR count). The number of hydrogen-bond acceptors (Lipinski definition) is 4. The maximum atomic E-state index is 12.2. The molecule has 21 heavy (non-hydrogen) atoms. The van der Waals surface area contributed by atoms with Gasteiger partial charge in [-0.3, -0.25) is 4.79 Å². The molecule has 1 N–H and O–H groups in total. The first-order valence-corrected chi connectivity index (χ1v) is 8.36. The molecule has 5 heteroatoms. The van der Waals surface area contributed by atoms with Crippen molar-refractivity contribution in [2.45, 2.75) is 32.2 Å². The fourth-order valence-electron chi connectivity index (χ4n) is 1.89. The van der Waals surface area contributed by atoms with Gasteiger partial charge in [-0.15, -0.1) is 0 Å². The fraction of sp³-hybridized carbons (Fsp3) is 0.500. The quantitative estimate of drug-likeness (QED) is 0.787. The highest BCUT2D eigenvalue weighted by atomic mass is 32.2. The van der Waals surface area contributed by atoms with E-state index in [1.165, 1.54) is 12.7 Å². The summed E-state index contributed by atoms with van der Waals surface area (Å²) in [5, 5.41) is 2.74. The van der Waals surface area contributed by atoms with Crippen molar-refractivity contribution < 1.29 is 14.3 Å². The van der Waals surface area contributed by atoms with Crippen LogP contribution in [0.5, 0.6) is 0 Å². The molecule has 0 radical (unpaired) electrons. The van der Waals surface area contributed by atoms with Gasteiger partial charge in [0.15, 0.2) is 0 Å². The fourth-order valence-corrected chi connectivity index (χ4v) is 2.36. The number of methoxy groups -OCH3 is 1. The van der Waals surface area contributed by atoms with Crippen molar-refractivity contribution in [1.29, 1.82) is 0 Å². The molecular weight excluding hydrogens is 286 g/mol. The number of carbonyl (C=O) groups is 2.